The molecule has 0 spiro atoms. The predicted octanol–water partition coefficient (Wildman–Crippen LogP) is 2.54. The number of nitrogens with zero attached hydrogens (tertiary/aromatic N) is 3. The van der Waals surface area contributed by atoms with Crippen molar-refractivity contribution in [2.75, 3.05) is 31.4 Å². The van der Waals surface area contributed by atoms with Gasteiger partial charge in [-0.05, 0) is 18.8 Å². The molecule has 2 rings (SSSR count). The molecule has 0 aromatic carbocycles. The third-order valence-electron chi connectivity index (χ3n) is 4.12. The van der Waals surface area contributed by atoms with Gasteiger partial charge in [-0.3, -0.25) is 0 Å². The lowest BCUT2D eigenvalue weighted by Crippen LogP contribution is -2.39. The molecule has 1 aromatic rings. The highest BCUT2D eigenvalue weighted by Crippen LogP contribution is 2.36. The molecular formula is C14H24N4O. The van der Waals surface area contributed by atoms with Crippen molar-refractivity contribution in [1.29, 1.82) is 0 Å². The zero-order valence-electron chi connectivity index (χ0n) is 12.3. The molecule has 1 aliphatic carbocycles. The molecule has 5 heteroatoms. The lowest BCUT2D eigenvalue weighted by molar-refractivity contribution is 0.317. The van der Waals surface area contributed by atoms with Crippen molar-refractivity contribution in [1.82, 2.24) is 9.97 Å². The van der Waals surface area contributed by atoms with E-state index in [9.17, 15) is 0 Å². The number of rotatable bonds is 4. The van der Waals surface area contributed by atoms with E-state index >= 15 is 0 Å². The van der Waals surface area contributed by atoms with Crippen molar-refractivity contribution >= 4 is 11.6 Å². The largest absolute Gasteiger partial charge is 0.490 e. The average molecular weight is 264 g/mol. The van der Waals surface area contributed by atoms with E-state index < -0.39 is 0 Å². The summed E-state index contributed by atoms with van der Waals surface area (Å²) in [6.45, 7) is 2.33. The Bertz CT molecular complexity index is 424. The molecule has 106 valence electrons. The van der Waals surface area contributed by atoms with Gasteiger partial charge in [-0.1, -0.05) is 19.8 Å². The van der Waals surface area contributed by atoms with Crippen LogP contribution in [-0.2, 0) is 0 Å². The van der Waals surface area contributed by atoms with Crippen LogP contribution in [0.3, 0.4) is 0 Å². The van der Waals surface area contributed by atoms with Crippen LogP contribution in [0.2, 0.25) is 0 Å². The van der Waals surface area contributed by atoms with E-state index in [1.807, 2.05) is 7.05 Å². The van der Waals surface area contributed by atoms with Crippen molar-refractivity contribution < 1.29 is 4.74 Å². The van der Waals surface area contributed by atoms with Crippen LogP contribution in [0.25, 0.3) is 0 Å². The van der Waals surface area contributed by atoms with E-state index in [0.717, 1.165) is 17.4 Å². The molecule has 0 amide bonds. The molecule has 0 aliphatic heterocycles. The van der Waals surface area contributed by atoms with Crippen LogP contribution in [-0.4, -0.2) is 37.2 Å². The van der Waals surface area contributed by atoms with Gasteiger partial charge in [0.2, 0.25) is 5.75 Å². The molecule has 1 saturated carbocycles. The van der Waals surface area contributed by atoms with Gasteiger partial charge in [0, 0.05) is 20.1 Å². The Hall–Kier alpha value is -1.52. The highest BCUT2D eigenvalue weighted by molar-refractivity contribution is 5.64. The molecule has 1 N–H and O–H groups in total. The van der Waals surface area contributed by atoms with E-state index in [1.54, 1.807) is 13.4 Å². The maximum absolute atomic E-state index is 5.49. The lowest BCUT2D eigenvalue weighted by atomic mass is 9.85. The average Bonchev–Trinajstić information content (AvgIpc) is 2.46. The molecule has 0 radical (unpaired) electrons. The molecule has 1 aromatic heterocycles. The second-order valence-electron chi connectivity index (χ2n) is 5.27. The van der Waals surface area contributed by atoms with Crippen LogP contribution in [0.15, 0.2) is 6.33 Å². The fourth-order valence-corrected chi connectivity index (χ4v) is 3.01. The standard InChI is InChI=1S/C14H24N4O/c1-10-7-5-6-8-11(10)18(3)14-12(19-4)13(15-2)16-9-17-14/h9-11H,5-8H2,1-4H3,(H,15,16,17). The summed E-state index contributed by atoms with van der Waals surface area (Å²) < 4.78 is 5.49. The monoisotopic (exact) mass is 264 g/mol. The number of hydrogen-bond donors (Lipinski definition) is 1. The molecule has 1 fully saturated rings. The summed E-state index contributed by atoms with van der Waals surface area (Å²) in [6.07, 6.45) is 6.74. The highest BCUT2D eigenvalue weighted by atomic mass is 16.5. The number of anilines is 2. The molecule has 0 saturated heterocycles. The minimum atomic E-state index is 0.530. The van der Waals surface area contributed by atoms with E-state index in [-0.39, 0.29) is 0 Å². The topological polar surface area (TPSA) is 50.3 Å². The van der Waals surface area contributed by atoms with Crippen LogP contribution in [0.1, 0.15) is 32.6 Å². The molecule has 19 heavy (non-hydrogen) atoms. The Kier molecular flexibility index (Phi) is 4.45. The molecule has 2 atom stereocenters. The maximum Gasteiger partial charge on any atom is 0.204 e. The Morgan fingerprint density at radius 3 is 2.68 bits per heavy atom. The van der Waals surface area contributed by atoms with Gasteiger partial charge in [-0.2, -0.15) is 0 Å². The summed E-state index contributed by atoms with van der Waals surface area (Å²) in [5.41, 5.74) is 0. The third-order valence-corrected chi connectivity index (χ3v) is 4.12. The van der Waals surface area contributed by atoms with E-state index in [1.165, 1.54) is 25.7 Å². The van der Waals surface area contributed by atoms with Gasteiger partial charge >= 0.3 is 0 Å². The SMILES string of the molecule is CNc1ncnc(N(C)C2CCCCC2C)c1OC. The molecule has 5 nitrogen and oxygen atoms in total. The van der Waals surface area contributed by atoms with E-state index in [4.69, 9.17) is 4.74 Å². The van der Waals surface area contributed by atoms with Gasteiger partial charge in [0.05, 0.1) is 7.11 Å². The molecule has 1 aliphatic rings. The minimum absolute atomic E-state index is 0.530. The van der Waals surface area contributed by atoms with Crippen LogP contribution in [0, 0.1) is 5.92 Å². The lowest BCUT2D eigenvalue weighted by Gasteiger charge is -2.37. The first-order valence-corrected chi connectivity index (χ1v) is 6.98. The minimum Gasteiger partial charge on any atom is -0.490 e. The van der Waals surface area contributed by atoms with E-state index in [0.29, 0.717) is 12.0 Å². The predicted molar refractivity (Wildman–Crippen MR) is 78.0 cm³/mol. The first-order valence-electron chi connectivity index (χ1n) is 6.98. The van der Waals surface area contributed by atoms with Gasteiger partial charge in [0.1, 0.15) is 6.33 Å². The third kappa shape index (κ3) is 2.74. The van der Waals surface area contributed by atoms with Crippen molar-refractivity contribution in [3.05, 3.63) is 6.33 Å². The maximum atomic E-state index is 5.49. The fraction of sp³-hybridized carbons (Fsp3) is 0.714. The van der Waals surface area contributed by atoms with Crippen molar-refractivity contribution in [3.63, 3.8) is 0 Å². The second kappa shape index (κ2) is 6.08. The molecule has 2 unspecified atom stereocenters. The van der Waals surface area contributed by atoms with Gasteiger partial charge in [0.15, 0.2) is 11.6 Å². The van der Waals surface area contributed by atoms with Crippen LogP contribution >= 0.6 is 0 Å². The van der Waals surface area contributed by atoms with E-state index in [2.05, 4.69) is 34.2 Å². The smallest absolute Gasteiger partial charge is 0.204 e. The summed E-state index contributed by atoms with van der Waals surface area (Å²) in [6, 6.07) is 0.530. The number of methoxy groups -OCH3 is 1. The normalized spacial score (nSPS) is 22.9. The van der Waals surface area contributed by atoms with Crippen LogP contribution in [0.5, 0.6) is 5.75 Å². The Morgan fingerprint density at radius 1 is 1.32 bits per heavy atom. The number of ether oxygens (including phenoxy) is 1. The van der Waals surface area contributed by atoms with Gasteiger partial charge in [-0.25, -0.2) is 9.97 Å². The van der Waals surface area contributed by atoms with Crippen molar-refractivity contribution in [2.24, 2.45) is 5.92 Å². The Morgan fingerprint density at radius 2 is 2.05 bits per heavy atom. The number of aromatic nitrogens is 2. The second-order valence-corrected chi connectivity index (χ2v) is 5.27. The first kappa shape index (κ1) is 13.9. The molecular weight excluding hydrogens is 240 g/mol. The van der Waals surface area contributed by atoms with Crippen LogP contribution in [0.4, 0.5) is 11.6 Å². The summed E-state index contributed by atoms with van der Waals surface area (Å²) in [4.78, 5) is 10.9. The Labute approximate surface area is 115 Å². The quantitative estimate of drug-likeness (QED) is 0.905. The fourth-order valence-electron chi connectivity index (χ4n) is 3.01. The summed E-state index contributed by atoms with van der Waals surface area (Å²) in [5, 5.41) is 3.05. The number of hydrogen-bond acceptors (Lipinski definition) is 5. The zero-order chi connectivity index (χ0) is 13.8. The molecule has 1 heterocycles. The summed E-state index contributed by atoms with van der Waals surface area (Å²) in [5.74, 6) is 3.03. The zero-order valence-corrected chi connectivity index (χ0v) is 12.3. The van der Waals surface area contributed by atoms with Gasteiger partial charge in [0.25, 0.3) is 0 Å². The Balaban J connectivity index is 2.29. The highest BCUT2D eigenvalue weighted by Gasteiger charge is 2.28. The number of nitrogens with one attached hydrogen (secondary N) is 1. The summed E-state index contributed by atoms with van der Waals surface area (Å²) >= 11 is 0. The summed E-state index contributed by atoms with van der Waals surface area (Å²) in [7, 11) is 5.62. The molecule has 0 bridgehead atoms. The van der Waals surface area contributed by atoms with Crippen molar-refractivity contribution in [3.8, 4) is 5.75 Å². The van der Waals surface area contributed by atoms with Gasteiger partial charge in [-0.15, -0.1) is 0 Å². The van der Waals surface area contributed by atoms with Gasteiger partial charge < -0.3 is 15.0 Å². The van der Waals surface area contributed by atoms with Crippen molar-refractivity contribution in [2.45, 2.75) is 38.6 Å². The first-order chi connectivity index (χ1) is 9.19. The van der Waals surface area contributed by atoms with Crippen LogP contribution < -0.4 is 15.0 Å².